The maximum atomic E-state index is 12.7. The average Bonchev–Trinajstić information content (AvgIpc) is 3.28. The summed E-state index contributed by atoms with van der Waals surface area (Å²) in [5.74, 6) is 1.15. The molecule has 0 aliphatic carbocycles. The Morgan fingerprint density at radius 2 is 2.12 bits per heavy atom. The van der Waals surface area contributed by atoms with Crippen LogP contribution in [0.5, 0.6) is 11.5 Å². The number of ether oxygens (including phenoxy) is 2. The van der Waals surface area contributed by atoms with Gasteiger partial charge in [-0.3, -0.25) is 14.3 Å². The summed E-state index contributed by atoms with van der Waals surface area (Å²) in [6.45, 7) is 0.950. The second-order valence-electron chi connectivity index (χ2n) is 6.04. The Labute approximate surface area is 144 Å². The number of carbonyl (C=O) groups excluding carboxylic acids is 2. The van der Waals surface area contributed by atoms with Gasteiger partial charge in [0.2, 0.25) is 18.6 Å². The first-order valence-corrected chi connectivity index (χ1v) is 8.06. The van der Waals surface area contributed by atoms with Crippen LogP contribution < -0.4 is 14.8 Å². The van der Waals surface area contributed by atoms with E-state index in [1.165, 1.54) is 0 Å². The van der Waals surface area contributed by atoms with Crippen LogP contribution in [0.15, 0.2) is 30.5 Å². The van der Waals surface area contributed by atoms with Gasteiger partial charge in [-0.2, -0.15) is 5.10 Å². The SMILES string of the molecule is CNC(=O)[C@@H]1CN(C(=O)Cc2ccc3c(c2)OCO3)Cc2ccnn21. The number of nitrogens with one attached hydrogen (secondary N) is 1. The molecular weight excluding hydrogens is 324 g/mol. The molecule has 0 saturated carbocycles. The highest BCUT2D eigenvalue weighted by atomic mass is 16.7. The molecule has 0 unspecified atom stereocenters. The Morgan fingerprint density at radius 3 is 2.96 bits per heavy atom. The number of nitrogens with zero attached hydrogens (tertiary/aromatic N) is 3. The maximum absolute atomic E-state index is 12.7. The molecule has 1 atom stereocenters. The fourth-order valence-corrected chi connectivity index (χ4v) is 3.18. The first-order valence-electron chi connectivity index (χ1n) is 8.06. The zero-order valence-corrected chi connectivity index (χ0v) is 13.8. The van der Waals surface area contributed by atoms with Crippen molar-refractivity contribution >= 4 is 11.8 Å². The second-order valence-corrected chi connectivity index (χ2v) is 6.04. The molecule has 2 aromatic rings. The lowest BCUT2D eigenvalue weighted by Crippen LogP contribution is -2.46. The van der Waals surface area contributed by atoms with Gasteiger partial charge in [-0.05, 0) is 23.8 Å². The summed E-state index contributed by atoms with van der Waals surface area (Å²) < 4.78 is 12.3. The van der Waals surface area contributed by atoms with E-state index in [1.807, 2.05) is 24.3 Å². The van der Waals surface area contributed by atoms with Crippen molar-refractivity contribution < 1.29 is 19.1 Å². The third kappa shape index (κ3) is 2.79. The van der Waals surface area contributed by atoms with Gasteiger partial charge in [0.15, 0.2) is 11.5 Å². The molecule has 0 fully saturated rings. The number of amides is 2. The molecule has 0 saturated heterocycles. The summed E-state index contributed by atoms with van der Waals surface area (Å²) >= 11 is 0. The monoisotopic (exact) mass is 342 g/mol. The van der Waals surface area contributed by atoms with Crippen LogP contribution in [0.4, 0.5) is 0 Å². The van der Waals surface area contributed by atoms with Crippen LogP contribution in [0.3, 0.4) is 0 Å². The molecule has 8 nitrogen and oxygen atoms in total. The molecule has 3 heterocycles. The molecule has 25 heavy (non-hydrogen) atoms. The van der Waals surface area contributed by atoms with Crippen LogP contribution in [0.2, 0.25) is 0 Å². The zero-order valence-electron chi connectivity index (χ0n) is 13.8. The number of hydrogen-bond donors (Lipinski definition) is 1. The van der Waals surface area contributed by atoms with Crippen LogP contribution in [0.25, 0.3) is 0 Å². The van der Waals surface area contributed by atoms with Crippen LogP contribution in [-0.4, -0.2) is 46.9 Å². The molecule has 1 aromatic carbocycles. The summed E-state index contributed by atoms with van der Waals surface area (Å²) in [7, 11) is 1.58. The molecule has 2 amide bonds. The molecule has 4 rings (SSSR count). The topological polar surface area (TPSA) is 85.7 Å². The fraction of sp³-hybridized carbons (Fsp3) is 0.353. The van der Waals surface area contributed by atoms with E-state index in [0.717, 1.165) is 11.3 Å². The van der Waals surface area contributed by atoms with E-state index in [0.29, 0.717) is 24.6 Å². The number of rotatable bonds is 3. The summed E-state index contributed by atoms with van der Waals surface area (Å²) in [6.07, 6.45) is 1.89. The minimum absolute atomic E-state index is 0.0415. The molecule has 0 spiro atoms. The molecule has 130 valence electrons. The van der Waals surface area contributed by atoms with Crippen molar-refractivity contribution in [1.82, 2.24) is 20.0 Å². The van der Waals surface area contributed by atoms with Gasteiger partial charge in [-0.1, -0.05) is 6.07 Å². The van der Waals surface area contributed by atoms with Gasteiger partial charge >= 0.3 is 0 Å². The van der Waals surface area contributed by atoms with Gasteiger partial charge in [-0.25, -0.2) is 0 Å². The minimum atomic E-state index is -0.510. The van der Waals surface area contributed by atoms with Crippen molar-refractivity contribution in [2.45, 2.75) is 19.0 Å². The number of aromatic nitrogens is 2. The summed E-state index contributed by atoms with van der Waals surface area (Å²) in [5, 5.41) is 6.85. The quantitative estimate of drug-likeness (QED) is 0.877. The normalized spacial score (nSPS) is 18.0. The predicted octanol–water partition coefficient (Wildman–Crippen LogP) is 0.484. The van der Waals surface area contributed by atoms with E-state index in [9.17, 15) is 9.59 Å². The zero-order chi connectivity index (χ0) is 17.4. The lowest BCUT2D eigenvalue weighted by molar-refractivity contribution is -0.134. The summed E-state index contributed by atoms with van der Waals surface area (Å²) in [5.41, 5.74) is 1.70. The van der Waals surface area contributed by atoms with Crippen LogP contribution in [0, 0.1) is 0 Å². The molecule has 1 aromatic heterocycles. The second kappa shape index (κ2) is 6.12. The summed E-state index contributed by atoms with van der Waals surface area (Å²) in [4.78, 5) is 26.6. The fourth-order valence-electron chi connectivity index (χ4n) is 3.18. The standard InChI is InChI=1S/C17H18N4O4/c1-18-17(23)13-9-20(8-12-4-5-19-21(12)13)16(22)7-11-2-3-14-15(6-11)25-10-24-14/h2-6,13H,7-10H2,1H3,(H,18,23)/t13-/m0/s1. The molecule has 2 aliphatic heterocycles. The molecule has 0 bridgehead atoms. The lowest BCUT2D eigenvalue weighted by Gasteiger charge is -2.33. The Balaban J connectivity index is 1.52. The van der Waals surface area contributed by atoms with Crippen LogP contribution >= 0.6 is 0 Å². The first-order chi connectivity index (χ1) is 12.2. The number of carbonyl (C=O) groups is 2. The van der Waals surface area contributed by atoms with E-state index >= 15 is 0 Å². The van der Waals surface area contributed by atoms with E-state index in [2.05, 4.69) is 10.4 Å². The van der Waals surface area contributed by atoms with Crippen LogP contribution in [0.1, 0.15) is 17.3 Å². The molecule has 0 radical (unpaired) electrons. The Hall–Kier alpha value is -3.03. The Kier molecular flexibility index (Phi) is 3.79. The number of fused-ring (bicyclic) bond motifs is 2. The van der Waals surface area contributed by atoms with Gasteiger partial charge in [-0.15, -0.1) is 0 Å². The van der Waals surface area contributed by atoms with Crippen molar-refractivity contribution in [3.05, 3.63) is 41.7 Å². The van der Waals surface area contributed by atoms with E-state index < -0.39 is 6.04 Å². The number of hydrogen-bond acceptors (Lipinski definition) is 5. The maximum Gasteiger partial charge on any atom is 0.246 e. The van der Waals surface area contributed by atoms with Crippen molar-refractivity contribution in [1.29, 1.82) is 0 Å². The third-order valence-electron chi connectivity index (χ3n) is 4.49. The molecule has 8 heteroatoms. The van der Waals surface area contributed by atoms with Crippen molar-refractivity contribution in [2.24, 2.45) is 0 Å². The molecular formula is C17H18N4O4. The predicted molar refractivity (Wildman–Crippen MR) is 87.0 cm³/mol. The van der Waals surface area contributed by atoms with Gasteiger partial charge in [0.25, 0.3) is 0 Å². The van der Waals surface area contributed by atoms with Gasteiger partial charge in [0, 0.05) is 13.2 Å². The summed E-state index contributed by atoms with van der Waals surface area (Å²) in [6, 6.07) is 6.81. The van der Waals surface area contributed by atoms with Gasteiger partial charge in [0.1, 0.15) is 6.04 Å². The Bertz CT molecular complexity index is 832. The largest absolute Gasteiger partial charge is 0.454 e. The molecule has 2 aliphatic rings. The van der Waals surface area contributed by atoms with Crippen molar-refractivity contribution in [2.75, 3.05) is 20.4 Å². The first kappa shape index (κ1) is 15.5. The smallest absolute Gasteiger partial charge is 0.246 e. The molecule has 1 N–H and O–H groups in total. The van der Waals surface area contributed by atoms with E-state index in [1.54, 1.807) is 22.8 Å². The number of benzene rings is 1. The van der Waals surface area contributed by atoms with Crippen molar-refractivity contribution in [3.63, 3.8) is 0 Å². The van der Waals surface area contributed by atoms with Gasteiger partial charge < -0.3 is 19.7 Å². The van der Waals surface area contributed by atoms with E-state index in [-0.39, 0.29) is 25.0 Å². The van der Waals surface area contributed by atoms with Crippen molar-refractivity contribution in [3.8, 4) is 11.5 Å². The number of likely N-dealkylation sites (N-methyl/N-ethyl adjacent to an activating group) is 1. The lowest BCUT2D eigenvalue weighted by atomic mass is 10.1. The highest BCUT2D eigenvalue weighted by Gasteiger charge is 2.32. The van der Waals surface area contributed by atoms with Crippen LogP contribution in [-0.2, 0) is 22.6 Å². The average molecular weight is 342 g/mol. The third-order valence-corrected chi connectivity index (χ3v) is 4.49. The highest BCUT2D eigenvalue weighted by molar-refractivity contribution is 5.83. The highest BCUT2D eigenvalue weighted by Crippen LogP contribution is 2.33. The van der Waals surface area contributed by atoms with Gasteiger partial charge in [0.05, 0.1) is 25.2 Å². The minimum Gasteiger partial charge on any atom is -0.454 e. The Morgan fingerprint density at radius 1 is 1.28 bits per heavy atom. The van der Waals surface area contributed by atoms with E-state index in [4.69, 9.17) is 9.47 Å².